The van der Waals surface area contributed by atoms with Crippen LogP contribution in [0, 0.1) is 0 Å². The zero-order valence-corrected chi connectivity index (χ0v) is 10.2. The molecule has 7 heteroatoms. The van der Waals surface area contributed by atoms with Crippen molar-refractivity contribution in [2.24, 2.45) is 0 Å². The van der Waals surface area contributed by atoms with Gasteiger partial charge in [0.25, 0.3) is 5.91 Å². The molecular weight excluding hydrogens is 286 g/mol. The van der Waals surface area contributed by atoms with E-state index >= 15 is 0 Å². The van der Waals surface area contributed by atoms with Crippen molar-refractivity contribution in [3.63, 3.8) is 0 Å². The highest BCUT2D eigenvalue weighted by molar-refractivity contribution is 9.10. The van der Waals surface area contributed by atoms with E-state index in [-0.39, 0.29) is 11.9 Å². The summed E-state index contributed by atoms with van der Waals surface area (Å²) in [6.07, 6.45) is 2.87. The van der Waals surface area contributed by atoms with E-state index in [4.69, 9.17) is 5.73 Å². The van der Waals surface area contributed by atoms with Gasteiger partial charge in [-0.15, -0.1) is 5.10 Å². The van der Waals surface area contributed by atoms with Crippen LogP contribution in [-0.4, -0.2) is 21.1 Å². The fraction of sp³-hybridized carbons (Fsp3) is 0. The summed E-state index contributed by atoms with van der Waals surface area (Å²) in [6.45, 7) is 0. The molecule has 86 valence electrons. The highest BCUT2D eigenvalue weighted by atomic mass is 79.9. The lowest BCUT2D eigenvalue weighted by molar-refractivity contribution is 0.102. The number of halogens is 1. The minimum atomic E-state index is -0.342. The van der Waals surface area contributed by atoms with Crippen LogP contribution in [0.4, 0.5) is 11.6 Å². The van der Waals surface area contributed by atoms with E-state index in [9.17, 15) is 4.79 Å². The van der Waals surface area contributed by atoms with Gasteiger partial charge in [-0.3, -0.25) is 10.1 Å². The van der Waals surface area contributed by atoms with Gasteiger partial charge in [0, 0.05) is 15.7 Å². The summed E-state index contributed by atoms with van der Waals surface area (Å²) in [5.41, 5.74) is 6.55. The first-order chi connectivity index (χ1) is 8.15. The molecule has 2 aromatic rings. The van der Waals surface area contributed by atoms with Crippen molar-refractivity contribution in [1.82, 2.24) is 15.2 Å². The molecule has 0 fully saturated rings. The average molecular weight is 294 g/mol. The second-order valence-corrected chi connectivity index (χ2v) is 4.11. The van der Waals surface area contributed by atoms with Crippen molar-refractivity contribution < 1.29 is 4.79 Å². The summed E-state index contributed by atoms with van der Waals surface area (Å²) in [6, 6.07) is 4.93. The van der Waals surface area contributed by atoms with E-state index in [1.165, 1.54) is 12.4 Å². The third kappa shape index (κ3) is 2.97. The Bertz CT molecular complexity index is 525. The molecule has 1 amide bonds. The first kappa shape index (κ1) is 11.5. The van der Waals surface area contributed by atoms with Crippen molar-refractivity contribution >= 4 is 33.5 Å². The Morgan fingerprint density at radius 1 is 1.29 bits per heavy atom. The standard InChI is InChI=1S/C10H8BrN5O/c11-7-3-6(4-8(12)5-7)9(17)15-10-13-1-2-14-16-10/h1-5H,12H2,(H,13,15,16,17). The summed E-state index contributed by atoms with van der Waals surface area (Å²) >= 11 is 3.26. The second kappa shape index (κ2) is 4.88. The molecule has 0 aliphatic heterocycles. The van der Waals surface area contributed by atoms with Gasteiger partial charge in [0.2, 0.25) is 5.95 Å². The third-order valence-corrected chi connectivity index (χ3v) is 2.35. The topological polar surface area (TPSA) is 93.8 Å². The quantitative estimate of drug-likeness (QED) is 0.818. The molecule has 0 saturated heterocycles. The minimum absolute atomic E-state index is 0.149. The Hall–Kier alpha value is -2.02. The van der Waals surface area contributed by atoms with Crippen molar-refractivity contribution in [2.45, 2.75) is 0 Å². The highest BCUT2D eigenvalue weighted by Gasteiger charge is 2.09. The summed E-state index contributed by atoms with van der Waals surface area (Å²) in [5.74, 6) is -0.193. The zero-order chi connectivity index (χ0) is 12.3. The maximum absolute atomic E-state index is 11.8. The van der Waals surface area contributed by atoms with Crippen LogP contribution in [0.15, 0.2) is 35.1 Å². The number of nitrogens with one attached hydrogen (secondary N) is 1. The number of anilines is 2. The lowest BCUT2D eigenvalue weighted by Gasteiger charge is -2.04. The Kier molecular flexibility index (Phi) is 3.29. The summed E-state index contributed by atoms with van der Waals surface area (Å²) in [4.78, 5) is 15.7. The molecule has 1 aromatic heterocycles. The largest absolute Gasteiger partial charge is 0.399 e. The molecular formula is C10H8BrN5O. The summed E-state index contributed by atoms with van der Waals surface area (Å²) in [7, 11) is 0. The van der Waals surface area contributed by atoms with E-state index < -0.39 is 0 Å². The predicted molar refractivity (Wildman–Crippen MR) is 66.3 cm³/mol. The maximum Gasteiger partial charge on any atom is 0.258 e. The molecule has 0 atom stereocenters. The van der Waals surface area contributed by atoms with Gasteiger partial charge in [0.05, 0.1) is 12.4 Å². The third-order valence-electron chi connectivity index (χ3n) is 1.89. The molecule has 3 N–H and O–H groups in total. The summed E-state index contributed by atoms with van der Waals surface area (Å²) in [5, 5.41) is 9.77. The number of nitrogens with zero attached hydrogens (tertiary/aromatic N) is 3. The number of rotatable bonds is 2. The van der Waals surface area contributed by atoms with Gasteiger partial charge in [0.15, 0.2) is 0 Å². The molecule has 0 aliphatic rings. The van der Waals surface area contributed by atoms with Gasteiger partial charge in [0.1, 0.15) is 0 Å². The van der Waals surface area contributed by atoms with Crippen molar-refractivity contribution in [1.29, 1.82) is 0 Å². The van der Waals surface area contributed by atoms with E-state index in [0.29, 0.717) is 11.3 Å². The molecule has 0 radical (unpaired) electrons. The van der Waals surface area contributed by atoms with Crippen LogP contribution in [-0.2, 0) is 0 Å². The van der Waals surface area contributed by atoms with E-state index in [2.05, 4.69) is 36.4 Å². The molecule has 0 spiro atoms. The number of hydrogen-bond donors (Lipinski definition) is 2. The van der Waals surface area contributed by atoms with Gasteiger partial charge in [-0.2, -0.15) is 5.10 Å². The molecule has 17 heavy (non-hydrogen) atoms. The highest BCUT2D eigenvalue weighted by Crippen LogP contribution is 2.17. The lowest BCUT2D eigenvalue weighted by Crippen LogP contribution is -2.14. The molecule has 0 aliphatic carbocycles. The first-order valence-electron chi connectivity index (χ1n) is 4.66. The Labute approximate surface area is 105 Å². The molecule has 1 aromatic carbocycles. The van der Waals surface area contributed by atoms with Crippen LogP contribution in [0.5, 0.6) is 0 Å². The molecule has 0 saturated carbocycles. The van der Waals surface area contributed by atoms with Crippen molar-refractivity contribution in [3.05, 3.63) is 40.6 Å². The van der Waals surface area contributed by atoms with Crippen LogP contribution in [0.1, 0.15) is 10.4 Å². The smallest absolute Gasteiger partial charge is 0.258 e. The van der Waals surface area contributed by atoms with Crippen LogP contribution < -0.4 is 11.1 Å². The Morgan fingerprint density at radius 3 is 2.76 bits per heavy atom. The minimum Gasteiger partial charge on any atom is -0.399 e. The van der Waals surface area contributed by atoms with Gasteiger partial charge < -0.3 is 5.73 Å². The zero-order valence-electron chi connectivity index (χ0n) is 8.59. The van der Waals surface area contributed by atoms with Crippen molar-refractivity contribution in [2.75, 3.05) is 11.1 Å². The fourth-order valence-electron chi connectivity index (χ4n) is 1.22. The SMILES string of the molecule is Nc1cc(Br)cc(C(=O)Nc2nccnn2)c1. The normalized spacial score (nSPS) is 9.94. The van der Waals surface area contributed by atoms with Gasteiger partial charge in [-0.1, -0.05) is 15.9 Å². The number of nitrogens with two attached hydrogens (primary N) is 1. The molecule has 0 bridgehead atoms. The van der Waals surface area contributed by atoms with Crippen LogP contribution >= 0.6 is 15.9 Å². The number of carbonyl (C=O) groups is 1. The molecule has 2 rings (SSSR count). The first-order valence-corrected chi connectivity index (χ1v) is 5.45. The van der Waals surface area contributed by atoms with E-state index in [1.807, 2.05) is 0 Å². The number of carbonyl (C=O) groups excluding carboxylic acids is 1. The molecule has 1 heterocycles. The number of nitrogen functional groups attached to an aromatic ring is 1. The Morgan fingerprint density at radius 2 is 2.12 bits per heavy atom. The Balaban J connectivity index is 2.20. The second-order valence-electron chi connectivity index (χ2n) is 3.19. The maximum atomic E-state index is 11.8. The number of amides is 1. The number of aromatic nitrogens is 3. The van der Waals surface area contributed by atoms with Crippen LogP contribution in [0.25, 0.3) is 0 Å². The van der Waals surface area contributed by atoms with Gasteiger partial charge >= 0.3 is 0 Å². The van der Waals surface area contributed by atoms with Crippen LogP contribution in [0.2, 0.25) is 0 Å². The lowest BCUT2D eigenvalue weighted by atomic mass is 10.2. The van der Waals surface area contributed by atoms with Crippen LogP contribution in [0.3, 0.4) is 0 Å². The predicted octanol–water partition coefficient (Wildman–Crippen LogP) is 1.47. The van der Waals surface area contributed by atoms with E-state index in [1.54, 1.807) is 18.2 Å². The van der Waals surface area contributed by atoms with Gasteiger partial charge in [-0.25, -0.2) is 4.98 Å². The molecule has 6 nitrogen and oxygen atoms in total. The monoisotopic (exact) mass is 293 g/mol. The molecule has 0 unspecified atom stereocenters. The van der Waals surface area contributed by atoms with E-state index in [0.717, 1.165) is 4.47 Å². The number of benzene rings is 1. The van der Waals surface area contributed by atoms with Crippen molar-refractivity contribution in [3.8, 4) is 0 Å². The number of hydrogen-bond acceptors (Lipinski definition) is 5. The fourth-order valence-corrected chi connectivity index (χ4v) is 1.73. The van der Waals surface area contributed by atoms with Gasteiger partial charge in [-0.05, 0) is 18.2 Å². The summed E-state index contributed by atoms with van der Waals surface area (Å²) < 4.78 is 0.731. The average Bonchev–Trinajstić information content (AvgIpc) is 2.29.